The molecule has 1 amide bonds. The van der Waals surface area contributed by atoms with E-state index in [0.29, 0.717) is 6.04 Å². The van der Waals surface area contributed by atoms with E-state index >= 15 is 0 Å². The van der Waals surface area contributed by atoms with Gasteiger partial charge in [0.15, 0.2) is 0 Å². The monoisotopic (exact) mass is 349 g/mol. The molecule has 3 aliphatic rings. The summed E-state index contributed by atoms with van der Waals surface area (Å²) in [7, 11) is 3.72. The van der Waals surface area contributed by atoms with Crippen molar-refractivity contribution < 1.29 is 4.79 Å². The number of hydrogen-bond donors (Lipinski definition) is 0. The number of nitrogens with zero attached hydrogens (tertiary/aromatic N) is 3. The summed E-state index contributed by atoms with van der Waals surface area (Å²) >= 11 is 0. The van der Waals surface area contributed by atoms with Crippen molar-refractivity contribution in [1.29, 1.82) is 0 Å². The minimum atomic E-state index is 0.0821. The van der Waals surface area contributed by atoms with E-state index in [-0.39, 0.29) is 11.3 Å². The first kappa shape index (κ1) is 16.1. The zero-order valence-electron chi connectivity index (χ0n) is 16.0. The van der Waals surface area contributed by atoms with E-state index in [1.54, 1.807) is 4.90 Å². The van der Waals surface area contributed by atoms with Crippen LogP contribution in [0.1, 0.15) is 43.5 Å². The Morgan fingerprint density at radius 2 is 2.08 bits per heavy atom. The number of rotatable bonds is 2. The molecular weight excluding hydrogens is 322 g/mol. The van der Waals surface area contributed by atoms with Crippen LogP contribution in [0.3, 0.4) is 0 Å². The van der Waals surface area contributed by atoms with Crippen molar-refractivity contribution in [2.75, 3.05) is 27.2 Å². The zero-order chi connectivity index (χ0) is 18.1. The van der Waals surface area contributed by atoms with Gasteiger partial charge in [0.2, 0.25) is 0 Å². The van der Waals surface area contributed by atoms with Crippen molar-refractivity contribution in [2.45, 2.75) is 38.6 Å². The third-order valence-corrected chi connectivity index (χ3v) is 6.87. The van der Waals surface area contributed by atoms with Gasteiger partial charge >= 0.3 is 0 Å². The van der Waals surface area contributed by atoms with Crippen LogP contribution < -0.4 is 0 Å². The second kappa shape index (κ2) is 5.46. The Morgan fingerprint density at radius 1 is 1.27 bits per heavy atom. The van der Waals surface area contributed by atoms with E-state index in [4.69, 9.17) is 0 Å². The van der Waals surface area contributed by atoms with Gasteiger partial charge in [-0.1, -0.05) is 25.1 Å². The van der Waals surface area contributed by atoms with Gasteiger partial charge < -0.3 is 9.47 Å². The number of aromatic nitrogens is 1. The van der Waals surface area contributed by atoms with Crippen LogP contribution in [-0.4, -0.2) is 47.5 Å². The van der Waals surface area contributed by atoms with Gasteiger partial charge in [-0.25, -0.2) is 0 Å². The Hall–Kier alpha value is -2.07. The van der Waals surface area contributed by atoms with Crippen LogP contribution in [-0.2, 0) is 11.2 Å². The number of likely N-dealkylation sites (N-methyl/N-ethyl adjacent to an activating group) is 1. The maximum absolute atomic E-state index is 13.2. The average molecular weight is 349 g/mol. The Kier molecular flexibility index (Phi) is 3.39. The van der Waals surface area contributed by atoms with Crippen LogP contribution >= 0.6 is 0 Å². The van der Waals surface area contributed by atoms with E-state index in [2.05, 4.69) is 46.7 Å². The lowest BCUT2D eigenvalue weighted by atomic mass is 9.66. The molecule has 136 valence electrons. The molecule has 0 N–H and O–H groups in total. The van der Waals surface area contributed by atoms with Gasteiger partial charge in [-0.05, 0) is 49.9 Å². The van der Waals surface area contributed by atoms with Gasteiger partial charge in [0.05, 0.1) is 11.6 Å². The molecule has 26 heavy (non-hydrogen) atoms. The van der Waals surface area contributed by atoms with Gasteiger partial charge in [-0.2, -0.15) is 0 Å². The molecule has 0 spiro atoms. The van der Waals surface area contributed by atoms with Gasteiger partial charge in [-0.3, -0.25) is 9.69 Å². The number of piperidine rings is 1. The van der Waals surface area contributed by atoms with Crippen LogP contribution in [0.25, 0.3) is 16.6 Å². The lowest BCUT2D eigenvalue weighted by Crippen LogP contribution is -2.51. The zero-order valence-corrected chi connectivity index (χ0v) is 16.0. The summed E-state index contributed by atoms with van der Waals surface area (Å²) in [6.07, 6.45) is 6.90. The SMILES string of the molecule is CC[C@@]12C=C(C(=O)N(C)C)n3c4c(c5ccccc53)CCN(CCC1)[C@H]42. The second-order valence-corrected chi connectivity index (χ2v) is 8.32. The summed E-state index contributed by atoms with van der Waals surface area (Å²) in [5.74, 6) is 0.113. The van der Waals surface area contributed by atoms with E-state index in [1.807, 2.05) is 14.1 Å². The summed E-state index contributed by atoms with van der Waals surface area (Å²) in [4.78, 5) is 17.6. The van der Waals surface area contributed by atoms with Crippen molar-refractivity contribution in [3.05, 3.63) is 41.6 Å². The fourth-order valence-corrected chi connectivity index (χ4v) is 5.66. The molecule has 0 bridgehead atoms. The fourth-order valence-electron chi connectivity index (χ4n) is 5.66. The molecule has 1 saturated heterocycles. The summed E-state index contributed by atoms with van der Waals surface area (Å²) in [5.41, 5.74) is 4.99. The van der Waals surface area contributed by atoms with E-state index in [1.165, 1.54) is 41.5 Å². The molecule has 0 aliphatic carbocycles. The van der Waals surface area contributed by atoms with Crippen molar-refractivity contribution in [1.82, 2.24) is 14.4 Å². The molecule has 0 radical (unpaired) electrons. The van der Waals surface area contributed by atoms with Crippen molar-refractivity contribution in [3.63, 3.8) is 0 Å². The first-order chi connectivity index (χ1) is 12.6. The summed E-state index contributed by atoms with van der Waals surface area (Å²) in [6.45, 7) is 4.61. The van der Waals surface area contributed by atoms with E-state index < -0.39 is 0 Å². The number of benzene rings is 1. The van der Waals surface area contributed by atoms with Gasteiger partial charge in [-0.15, -0.1) is 0 Å². The molecule has 4 heterocycles. The lowest BCUT2D eigenvalue weighted by Gasteiger charge is -2.53. The molecule has 1 aromatic carbocycles. The van der Waals surface area contributed by atoms with Crippen LogP contribution in [0, 0.1) is 5.41 Å². The van der Waals surface area contributed by atoms with Crippen LogP contribution in [0.15, 0.2) is 30.3 Å². The number of para-hydroxylation sites is 1. The highest BCUT2D eigenvalue weighted by molar-refractivity contribution is 6.16. The fraction of sp³-hybridized carbons (Fsp3) is 0.500. The standard InChI is InChI=1S/C22H27N3O/c1-4-22-11-7-12-24-13-10-16-15-8-5-6-9-17(15)25(19(16)20(22)24)18(14-22)21(26)23(2)3/h5-6,8-9,14,20H,4,7,10-13H2,1-3H3/t20-,22+/m1/s1. The third-order valence-electron chi connectivity index (χ3n) is 6.87. The Balaban J connectivity index is 1.88. The summed E-state index contributed by atoms with van der Waals surface area (Å²) < 4.78 is 2.29. The van der Waals surface area contributed by atoms with Gasteiger partial charge in [0.25, 0.3) is 5.91 Å². The van der Waals surface area contributed by atoms with Crippen molar-refractivity contribution in [2.24, 2.45) is 5.41 Å². The van der Waals surface area contributed by atoms with Crippen molar-refractivity contribution >= 4 is 22.5 Å². The third kappa shape index (κ3) is 1.91. The number of hydrogen-bond acceptors (Lipinski definition) is 2. The highest BCUT2D eigenvalue weighted by atomic mass is 16.2. The van der Waals surface area contributed by atoms with Crippen LogP contribution in [0.5, 0.6) is 0 Å². The lowest BCUT2D eigenvalue weighted by molar-refractivity contribution is -0.123. The molecule has 0 unspecified atom stereocenters. The molecule has 4 heteroatoms. The Labute approximate surface area is 155 Å². The first-order valence-corrected chi connectivity index (χ1v) is 9.88. The maximum atomic E-state index is 13.2. The molecule has 1 aromatic heterocycles. The number of carbonyl (C=O) groups is 1. The Morgan fingerprint density at radius 3 is 2.85 bits per heavy atom. The van der Waals surface area contributed by atoms with E-state index in [0.717, 1.165) is 25.1 Å². The highest BCUT2D eigenvalue weighted by Crippen LogP contribution is 2.57. The predicted molar refractivity (Wildman–Crippen MR) is 105 cm³/mol. The topological polar surface area (TPSA) is 28.5 Å². The second-order valence-electron chi connectivity index (χ2n) is 8.32. The predicted octanol–water partition coefficient (Wildman–Crippen LogP) is 3.67. The largest absolute Gasteiger partial charge is 0.343 e. The maximum Gasteiger partial charge on any atom is 0.270 e. The molecule has 2 atom stereocenters. The smallest absolute Gasteiger partial charge is 0.270 e. The van der Waals surface area contributed by atoms with Gasteiger partial charge in [0, 0.05) is 37.1 Å². The molecule has 2 aromatic rings. The summed E-state index contributed by atoms with van der Waals surface area (Å²) in [6, 6.07) is 9.05. The molecule has 5 rings (SSSR count). The minimum Gasteiger partial charge on any atom is -0.343 e. The molecule has 0 saturated carbocycles. The first-order valence-electron chi connectivity index (χ1n) is 9.88. The molecule has 1 fully saturated rings. The van der Waals surface area contributed by atoms with Gasteiger partial charge in [0.1, 0.15) is 5.70 Å². The normalized spacial score (nSPS) is 27.2. The van der Waals surface area contributed by atoms with Crippen molar-refractivity contribution in [3.8, 4) is 0 Å². The molecule has 3 aliphatic heterocycles. The number of carbonyl (C=O) groups excluding carboxylic acids is 1. The quantitative estimate of drug-likeness (QED) is 0.827. The minimum absolute atomic E-state index is 0.0821. The van der Waals surface area contributed by atoms with Crippen LogP contribution in [0.4, 0.5) is 0 Å². The number of amides is 1. The summed E-state index contributed by atoms with van der Waals surface area (Å²) in [5, 5.41) is 1.33. The number of fused-ring (bicyclic) bond motifs is 3. The van der Waals surface area contributed by atoms with Crippen LogP contribution in [0.2, 0.25) is 0 Å². The highest BCUT2D eigenvalue weighted by Gasteiger charge is 2.51. The van der Waals surface area contributed by atoms with E-state index in [9.17, 15) is 4.79 Å². The molecular formula is C22H27N3O. The molecule has 4 nitrogen and oxygen atoms in total. The average Bonchev–Trinajstić information content (AvgIpc) is 3.01. The Bertz CT molecular complexity index is 938.